The van der Waals surface area contributed by atoms with Crippen LogP contribution in [0.1, 0.15) is 39.6 Å². The Balaban J connectivity index is 0.991. The van der Waals surface area contributed by atoms with E-state index in [1.165, 1.54) is 17.5 Å². The van der Waals surface area contributed by atoms with Gasteiger partial charge in [0.15, 0.2) is 10.8 Å². The van der Waals surface area contributed by atoms with Crippen molar-refractivity contribution in [3.8, 4) is 10.6 Å². The smallest absolute Gasteiger partial charge is 0.353 e. The number of hydrogen-bond donors (Lipinski definition) is 1. The normalized spacial score (nSPS) is 27.4. The van der Waals surface area contributed by atoms with Crippen LogP contribution in [0, 0.1) is 31.6 Å². The monoisotopic (exact) mass is 610 g/mol. The summed E-state index contributed by atoms with van der Waals surface area (Å²) in [6, 6.07) is 3.81. The fourth-order valence-corrected chi connectivity index (χ4v) is 8.88. The summed E-state index contributed by atoms with van der Waals surface area (Å²) in [4.78, 5) is 40.4. The predicted molar refractivity (Wildman–Crippen MR) is 152 cm³/mol. The molecule has 2 aliphatic carbocycles. The fraction of sp³-hybridized carbons (Fsp3) is 0.429. The number of hydrogen-bond acceptors (Lipinski definition) is 10. The molecular formula is C28H25F3N8OS2. The molecule has 2 saturated carbocycles. The number of fused-ring (bicyclic) bond motifs is 3. The van der Waals surface area contributed by atoms with Gasteiger partial charge in [-0.25, -0.2) is 24.9 Å². The zero-order chi connectivity index (χ0) is 29.0. The van der Waals surface area contributed by atoms with Crippen LogP contribution in [0.2, 0.25) is 0 Å². The summed E-state index contributed by atoms with van der Waals surface area (Å²) in [5, 5.41) is 6.94. The Bertz CT molecular complexity index is 1710. The molecule has 5 atom stereocenters. The number of halogens is 3. The quantitative estimate of drug-likeness (QED) is 0.313. The first kappa shape index (κ1) is 26.0. The van der Waals surface area contributed by atoms with Crippen LogP contribution in [0.25, 0.3) is 10.6 Å². The molecular weight excluding hydrogens is 585 g/mol. The molecule has 4 aromatic heterocycles. The van der Waals surface area contributed by atoms with Crippen molar-refractivity contribution in [2.24, 2.45) is 17.8 Å². The van der Waals surface area contributed by atoms with Gasteiger partial charge in [0, 0.05) is 30.7 Å². The maximum Gasteiger partial charge on any atom is 0.434 e. The lowest BCUT2D eigenvalue weighted by molar-refractivity contribution is -0.141. The molecule has 5 aliphatic rings. The number of nitrogens with zero attached hydrogens (tertiary/aromatic N) is 7. The van der Waals surface area contributed by atoms with E-state index < -0.39 is 11.9 Å². The Hall–Kier alpha value is -3.65. The average molecular weight is 611 g/mol. The highest BCUT2D eigenvalue weighted by Gasteiger charge is 2.81. The van der Waals surface area contributed by atoms with Gasteiger partial charge in [-0.1, -0.05) is 0 Å². The number of thiazole rings is 2. The van der Waals surface area contributed by atoms with Crippen LogP contribution in [0.15, 0.2) is 36.1 Å². The molecule has 7 heterocycles. The van der Waals surface area contributed by atoms with Gasteiger partial charge >= 0.3 is 6.18 Å². The highest BCUT2D eigenvalue weighted by atomic mass is 32.1. The van der Waals surface area contributed by atoms with E-state index in [1.54, 1.807) is 29.7 Å². The van der Waals surface area contributed by atoms with Crippen molar-refractivity contribution in [3.63, 3.8) is 0 Å². The minimum Gasteiger partial charge on any atom is -0.353 e. The first-order chi connectivity index (χ1) is 20.1. The number of nitrogens with one attached hydrogen (secondary N) is 1. The minimum atomic E-state index is -4.53. The minimum absolute atomic E-state index is 0.0421. The number of aromatic nitrogens is 5. The van der Waals surface area contributed by atoms with Gasteiger partial charge in [0.1, 0.15) is 11.6 Å². The lowest BCUT2D eigenvalue weighted by atomic mass is 10.0. The number of rotatable bonds is 5. The number of amides is 1. The van der Waals surface area contributed by atoms with Crippen LogP contribution in [0.5, 0.6) is 0 Å². The molecule has 42 heavy (non-hydrogen) atoms. The first-order valence-corrected chi connectivity index (χ1v) is 15.4. The van der Waals surface area contributed by atoms with Crippen LogP contribution in [-0.4, -0.2) is 60.4 Å². The maximum atomic E-state index is 13.9. The van der Waals surface area contributed by atoms with Gasteiger partial charge in [-0.3, -0.25) is 4.79 Å². The number of carbonyl (C=O) groups excluding carboxylic acids is 1. The van der Waals surface area contributed by atoms with Gasteiger partial charge in [-0.2, -0.15) is 13.2 Å². The Labute approximate surface area is 246 Å². The van der Waals surface area contributed by atoms with Crippen molar-refractivity contribution in [3.05, 3.63) is 58.1 Å². The highest BCUT2D eigenvalue weighted by molar-refractivity contribution is 7.16. The largest absolute Gasteiger partial charge is 0.434 e. The molecule has 1 amide bonds. The van der Waals surface area contributed by atoms with Gasteiger partial charge in [0.25, 0.3) is 5.91 Å². The molecule has 1 N–H and O–H groups in total. The Morgan fingerprint density at radius 3 is 2.67 bits per heavy atom. The molecule has 9 nitrogen and oxygen atoms in total. The summed E-state index contributed by atoms with van der Waals surface area (Å²) in [6.07, 6.45) is 0.835. The van der Waals surface area contributed by atoms with E-state index in [-0.39, 0.29) is 17.5 Å². The van der Waals surface area contributed by atoms with E-state index in [1.807, 2.05) is 24.1 Å². The first-order valence-electron chi connectivity index (χ1n) is 13.7. The molecule has 0 radical (unpaired) electrons. The molecule has 5 fully saturated rings. The van der Waals surface area contributed by atoms with E-state index in [9.17, 15) is 18.0 Å². The standard InChI is InChI=1S/C28H25F3N8OS2/c1-13-24(42-14(2)35-13)18-11-41-26(36-18)37-20-4-3-15(8-33-20)25(40)39-23-16-5-6-38(12-27(39)7-17(27)22(16)23)21-10-32-19(9-34-21)28(29,30)31/h3-4,8-11,16-17,22-23H,5-7,12H2,1-2H3,(H,33,36,37)/t16?,17-,22+,23+,27+/m1/s1. The topological polar surface area (TPSA) is 100 Å². The molecule has 14 heteroatoms. The summed E-state index contributed by atoms with van der Waals surface area (Å²) >= 11 is 3.10. The lowest BCUT2D eigenvalue weighted by Gasteiger charge is -2.39. The highest BCUT2D eigenvalue weighted by Crippen LogP contribution is 2.74. The second-order valence-electron chi connectivity index (χ2n) is 11.5. The zero-order valence-electron chi connectivity index (χ0n) is 22.6. The molecule has 3 saturated heterocycles. The molecule has 9 rings (SSSR count). The van der Waals surface area contributed by atoms with Crippen LogP contribution < -0.4 is 10.2 Å². The number of carbonyl (C=O) groups is 1. The molecule has 0 aromatic carbocycles. The van der Waals surface area contributed by atoms with E-state index >= 15 is 0 Å². The molecule has 1 spiro atoms. The number of anilines is 3. The summed E-state index contributed by atoms with van der Waals surface area (Å²) < 4.78 is 39.0. The number of piperidine rings is 2. The maximum absolute atomic E-state index is 13.9. The summed E-state index contributed by atoms with van der Waals surface area (Å²) in [7, 11) is 0. The molecule has 4 aromatic rings. The molecule has 3 aliphatic heterocycles. The Morgan fingerprint density at radius 2 is 1.98 bits per heavy atom. The number of aryl methyl sites for hydroxylation is 2. The Morgan fingerprint density at radius 1 is 1.12 bits per heavy atom. The zero-order valence-corrected chi connectivity index (χ0v) is 24.2. The van der Waals surface area contributed by atoms with Crippen molar-refractivity contribution in [2.45, 2.75) is 44.4 Å². The van der Waals surface area contributed by atoms with Crippen molar-refractivity contribution < 1.29 is 18.0 Å². The van der Waals surface area contributed by atoms with E-state index in [2.05, 4.69) is 35.1 Å². The molecule has 216 valence electrons. The second kappa shape index (κ2) is 8.93. The second-order valence-corrected chi connectivity index (χ2v) is 13.6. The molecule has 1 unspecified atom stereocenters. The van der Waals surface area contributed by atoms with Crippen molar-refractivity contribution in [2.75, 3.05) is 23.3 Å². The third kappa shape index (κ3) is 4.02. The van der Waals surface area contributed by atoms with Gasteiger partial charge in [-0.05, 0) is 56.6 Å². The van der Waals surface area contributed by atoms with Crippen LogP contribution in [0.3, 0.4) is 0 Å². The van der Waals surface area contributed by atoms with Gasteiger partial charge < -0.3 is 15.1 Å². The van der Waals surface area contributed by atoms with Crippen LogP contribution in [-0.2, 0) is 6.18 Å². The van der Waals surface area contributed by atoms with E-state index in [0.29, 0.717) is 53.2 Å². The number of alkyl halides is 3. The summed E-state index contributed by atoms with van der Waals surface area (Å²) in [5.41, 5.74) is 1.03. The lowest BCUT2D eigenvalue weighted by Crippen LogP contribution is -2.52. The molecule has 4 bridgehead atoms. The number of pyridine rings is 1. The van der Waals surface area contributed by atoms with Crippen molar-refractivity contribution in [1.82, 2.24) is 29.8 Å². The Kier molecular flexibility index (Phi) is 5.53. The third-order valence-electron chi connectivity index (χ3n) is 9.09. The fourth-order valence-electron chi connectivity index (χ4n) is 7.22. The summed E-state index contributed by atoms with van der Waals surface area (Å²) in [5.74, 6) is 2.30. The summed E-state index contributed by atoms with van der Waals surface area (Å²) in [6.45, 7) is 5.19. The van der Waals surface area contributed by atoms with Gasteiger partial charge in [0.05, 0.1) is 44.8 Å². The third-order valence-corrected chi connectivity index (χ3v) is 10.9. The van der Waals surface area contributed by atoms with Crippen LogP contribution in [0.4, 0.5) is 29.9 Å². The van der Waals surface area contributed by atoms with Crippen LogP contribution >= 0.6 is 22.7 Å². The van der Waals surface area contributed by atoms with Crippen molar-refractivity contribution >= 4 is 45.3 Å². The average Bonchev–Trinajstić information content (AvgIpc) is 3.65. The van der Waals surface area contributed by atoms with Gasteiger partial charge in [0.2, 0.25) is 0 Å². The van der Waals surface area contributed by atoms with E-state index in [0.717, 1.165) is 40.3 Å². The predicted octanol–water partition coefficient (Wildman–Crippen LogP) is 5.57. The van der Waals surface area contributed by atoms with E-state index in [4.69, 9.17) is 0 Å². The SMILES string of the molecule is Cc1nc(C)c(-c2csc(Nc3ccc(C(=O)N4[C@H]5C6CCN(c7cnc(C(F)(F)F)cn7)C[C@]47C[C@@H]7[C@H]65)cn3)n2)s1. The van der Waals surface area contributed by atoms with Gasteiger partial charge in [-0.15, -0.1) is 22.7 Å². The van der Waals surface area contributed by atoms with Crippen molar-refractivity contribution in [1.29, 1.82) is 0 Å².